The Labute approximate surface area is 124 Å². The van der Waals surface area contributed by atoms with Crippen LogP contribution in [0.4, 0.5) is 0 Å². The van der Waals surface area contributed by atoms with Gasteiger partial charge >= 0.3 is 0 Å². The summed E-state index contributed by atoms with van der Waals surface area (Å²) in [6, 6.07) is 9.67. The molecule has 0 aliphatic rings. The zero-order chi connectivity index (χ0) is 14.9. The topological polar surface area (TPSA) is 71.7 Å². The van der Waals surface area contributed by atoms with E-state index in [0.29, 0.717) is 13.1 Å². The Hall–Kier alpha value is -2.50. The highest BCUT2D eigenvalue weighted by Gasteiger charge is 2.03. The monoisotopic (exact) mass is 288 g/mol. The first-order valence-corrected chi connectivity index (χ1v) is 6.86. The molecule has 2 rings (SSSR count). The number of aliphatic imine (C=N–C) groups is 1. The fourth-order valence-corrected chi connectivity index (χ4v) is 1.84. The predicted molar refractivity (Wildman–Crippen MR) is 81.2 cm³/mol. The van der Waals surface area contributed by atoms with Gasteiger partial charge in [-0.1, -0.05) is 23.4 Å². The summed E-state index contributed by atoms with van der Waals surface area (Å²) in [5.41, 5.74) is 1.87. The Bertz CT molecular complexity index is 567. The normalized spacial score (nSPS) is 11.2. The molecule has 1 aromatic carbocycles. The number of guanidine groups is 1. The molecule has 2 N–H and O–H groups in total. The van der Waals surface area contributed by atoms with Gasteiger partial charge in [0.25, 0.3) is 0 Å². The van der Waals surface area contributed by atoms with Crippen molar-refractivity contribution < 1.29 is 9.26 Å². The molecule has 112 valence electrons. The van der Waals surface area contributed by atoms with E-state index in [4.69, 9.17) is 9.26 Å². The average molecular weight is 288 g/mol. The quantitative estimate of drug-likeness (QED) is 0.628. The van der Waals surface area contributed by atoms with Gasteiger partial charge in [0, 0.05) is 18.2 Å². The lowest BCUT2D eigenvalue weighted by Gasteiger charge is -2.11. The van der Waals surface area contributed by atoms with E-state index < -0.39 is 0 Å². The molecule has 1 aromatic heterocycles. The molecule has 0 amide bonds. The summed E-state index contributed by atoms with van der Waals surface area (Å²) in [5, 5.41) is 10.3. The van der Waals surface area contributed by atoms with Crippen LogP contribution in [0.2, 0.25) is 0 Å². The third-order valence-electron chi connectivity index (χ3n) is 2.87. The number of nitrogens with one attached hydrogen (secondary N) is 2. The molecule has 0 unspecified atom stereocenters. The number of benzene rings is 1. The van der Waals surface area contributed by atoms with Crippen molar-refractivity contribution in [1.29, 1.82) is 0 Å². The molecule has 0 saturated carbocycles. The van der Waals surface area contributed by atoms with E-state index in [9.17, 15) is 0 Å². The minimum absolute atomic E-state index is 0.540. The molecule has 21 heavy (non-hydrogen) atoms. The number of rotatable bonds is 6. The summed E-state index contributed by atoms with van der Waals surface area (Å²) in [6.07, 6.45) is 1.55. The van der Waals surface area contributed by atoms with Crippen molar-refractivity contribution in [1.82, 2.24) is 15.8 Å². The van der Waals surface area contributed by atoms with Crippen molar-refractivity contribution in [2.24, 2.45) is 4.99 Å². The molecule has 2 aromatic rings. The van der Waals surface area contributed by atoms with Crippen LogP contribution in [0.1, 0.15) is 18.2 Å². The van der Waals surface area contributed by atoms with Crippen molar-refractivity contribution >= 4 is 5.96 Å². The summed E-state index contributed by atoms with van der Waals surface area (Å²) >= 11 is 0. The van der Waals surface area contributed by atoms with E-state index in [-0.39, 0.29) is 0 Å². The molecule has 0 spiro atoms. The van der Waals surface area contributed by atoms with E-state index in [1.165, 1.54) is 0 Å². The van der Waals surface area contributed by atoms with Gasteiger partial charge in [0.1, 0.15) is 17.7 Å². The Morgan fingerprint density at radius 1 is 1.29 bits per heavy atom. The minimum atomic E-state index is 0.540. The van der Waals surface area contributed by atoms with E-state index in [2.05, 4.69) is 20.8 Å². The van der Waals surface area contributed by atoms with Gasteiger partial charge in [-0.15, -0.1) is 0 Å². The molecule has 0 fully saturated rings. The number of methoxy groups -OCH3 is 1. The first-order valence-electron chi connectivity index (χ1n) is 6.86. The lowest BCUT2D eigenvalue weighted by atomic mass is 10.2. The molecule has 6 nitrogen and oxygen atoms in total. The molecule has 6 heteroatoms. The van der Waals surface area contributed by atoms with Gasteiger partial charge < -0.3 is 19.9 Å². The van der Waals surface area contributed by atoms with Crippen LogP contribution in [0.25, 0.3) is 0 Å². The van der Waals surface area contributed by atoms with Crippen LogP contribution in [0.5, 0.6) is 5.75 Å². The van der Waals surface area contributed by atoms with Crippen LogP contribution in [0.3, 0.4) is 0 Å². The van der Waals surface area contributed by atoms with Gasteiger partial charge in [0.2, 0.25) is 0 Å². The van der Waals surface area contributed by atoms with Crippen LogP contribution in [0.15, 0.2) is 46.1 Å². The molecule has 1 heterocycles. The first-order chi connectivity index (χ1) is 10.3. The van der Waals surface area contributed by atoms with E-state index in [0.717, 1.165) is 29.5 Å². The van der Waals surface area contributed by atoms with Gasteiger partial charge in [0.05, 0.1) is 20.2 Å². The van der Waals surface area contributed by atoms with Crippen LogP contribution in [0, 0.1) is 0 Å². The highest BCUT2D eigenvalue weighted by molar-refractivity contribution is 5.79. The van der Waals surface area contributed by atoms with Crippen LogP contribution >= 0.6 is 0 Å². The second-order valence-electron chi connectivity index (χ2n) is 4.35. The zero-order valence-corrected chi connectivity index (χ0v) is 12.3. The van der Waals surface area contributed by atoms with Gasteiger partial charge in [-0.2, -0.15) is 0 Å². The van der Waals surface area contributed by atoms with E-state index in [1.54, 1.807) is 13.4 Å². The van der Waals surface area contributed by atoms with Crippen LogP contribution in [-0.4, -0.2) is 24.8 Å². The average Bonchev–Trinajstić information content (AvgIpc) is 3.03. The summed E-state index contributed by atoms with van der Waals surface area (Å²) in [5.74, 6) is 1.57. The first kappa shape index (κ1) is 14.9. The molecular weight excluding hydrogens is 268 g/mol. The Morgan fingerprint density at radius 2 is 2.14 bits per heavy atom. The summed E-state index contributed by atoms with van der Waals surface area (Å²) in [6.45, 7) is 3.92. The molecule has 0 bridgehead atoms. The van der Waals surface area contributed by atoms with Crippen LogP contribution in [-0.2, 0) is 13.1 Å². The predicted octanol–water partition coefficient (Wildman–Crippen LogP) is 1.94. The summed E-state index contributed by atoms with van der Waals surface area (Å²) in [7, 11) is 1.66. The Kier molecular flexibility index (Phi) is 5.63. The Balaban J connectivity index is 1.99. The summed E-state index contributed by atoms with van der Waals surface area (Å²) < 4.78 is 10.1. The second kappa shape index (κ2) is 7.94. The standard InChI is InChI=1S/C15H20N4O2/c1-3-16-15(18-11-13-8-9-21-19-13)17-10-12-6-4-5-7-14(12)20-2/h4-9H,3,10-11H2,1-2H3,(H2,16,17,18). The minimum Gasteiger partial charge on any atom is -0.496 e. The highest BCUT2D eigenvalue weighted by atomic mass is 16.5. The van der Waals surface area contributed by atoms with Gasteiger partial charge in [-0.25, -0.2) is 4.99 Å². The van der Waals surface area contributed by atoms with E-state index in [1.807, 2.05) is 37.3 Å². The van der Waals surface area contributed by atoms with Crippen molar-refractivity contribution in [2.45, 2.75) is 20.0 Å². The zero-order valence-electron chi connectivity index (χ0n) is 12.3. The third kappa shape index (κ3) is 4.52. The van der Waals surface area contributed by atoms with Gasteiger partial charge in [0.15, 0.2) is 5.96 Å². The van der Waals surface area contributed by atoms with Crippen molar-refractivity contribution in [3.63, 3.8) is 0 Å². The molecule has 0 radical (unpaired) electrons. The van der Waals surface area contributed by atoms with E-state index >= 15 is 0 Å². The SMILES string of the molecule is CCNC(=NCc1ccccc1OC)NCc1ccon1. The fraction of sp³-hybridized carbons (Fsp3) is 0.333. The van der Waals surface area contributed by atoms with Crippen molar-refractivity contribution in [2.75, 3.05) is 13.7 Å². The van der Waals surface area contributed by atoms with Crippen molar-refractivity contribution in [3.05, 3.63) is 47.9 Å². The molecular formula is C15H20N4O2. The molecule has 0 saturated heterocycles. The fourth-order valence-electron chi connectivity index (χ4n) is 1.84. The number of ether oxygens (including phenoxy) is 1. The van der Waals surface area contributed by atoms with Crippen LogP contribution < -0.4 is 15.4 Å². The van der Waals surface area contributed by atoms with Gasteiger partial charge in [-0.3, -0.25) is 0 Å². The number of hydrogen-bond donors (Lipinski definition) is 2. The largest absolute Gasteiger partial charge is 0.496 e. The number of aromatic nitrogens is 1. The number of para-hydroxylation sites is 1. The summed E-state index contributed by atoms with van der Waals surface area (Å²) in [4.78, 5) is 4.55. The maximum atomic E-state index is 5.32. The second-order valence-corrected chi connectivity index (χ2v) is 4.35. The third-order valence-corrected chi connectivity index (χ3v) is 2.87. The maximum absolute atomic E-state index is 5.32. The molecule has 0 aliphatic heterocycles. The Morgan fingerprint density at radius 3 is 2.86 bits per heavy atom. The lowest BCUT2D eigenvalue weighted by molar-refractivity contribution is 0.409. The lowest BCUT2D eigenvalue weighted by Crippen LogP contribution is -2.36. The van der Waals surface area contributed by atoms with Crippen molar-refractivity contribution in [3.8, 4) is 5.75 Å². The maximum Gasteiger partial charge on any atom is 0.191 e. The number of nitrogens with zero attached hydrogens (tertiary/aromatic N) is 2. The number of hydrogen-bond acceptors (Lipinski definition) is 4. The molecule has 0 atom stereocenters. The molecule has 0 aliphatic carbocycles. The highest BCUT2D eigenvalue weighted by Crippen LogP contribution is 2.17. The van der Waals surface area contributed by atoms with Gasteiger partial charge in [-0.05, 0) is 13.0 Å². The smallest absolute Gasteiger partial charge is 0.191 e.